The summed E-state index contributed by atoms with van der Waals surface area (Å²) in [4.78, 5) is 36.9. The molecule has 1 aliphatic heterocycles. The fourth-order valence-corrected chi connectivity index (χ4v) is 2.93. The number of methoxy groups -OCH3 is 1. The Hall–Kier alpha value is -2.77. The first-order chi connectivity index (χ1) is 12.5. The van der Waals surface area contributed by atoms with Crippen molar-refractivity contribution >= 4 is 23.6 Å². The summed E-state index contributed by atoms with van der Waals surface area (Å²) in [5.74, 6) is 0.411. The van der Waals surface area contributed by atoms with Crippen LogP contribution in [-0.4, -0.2) is 55.7 Å². The first-order valence-corrected chi connectivity index (χ1v) is 8.69. The van der Waals surface area contributed by atoms with Crippen molar-refractivity contribution in [2.24, 2.45) is 5.92 Å². The van der Waals surface area contributed by atoms with Crippen molar-refractivity contribution in [3.63, 3.8) is 0 Å². The van der Waals surface area contributed by atoms with Crippen molar-refractivity contribution in [1.29, 1.82) is 0 Å². The lowest BCUT2D eigenvalue weighted by molar-refractivity contribution is -0.142. The van der Waals surface area contributed by atoms with Gasteiger partial charge >= 0.3 is 12.0 Å². The molecule has 8 heteroatoms. The molecule has 0 bridgehead atoms. The van der Waals surface area contributed by atoms with E-state index in [1.165, 1.54) is 7.11 Å². The third kappa shape index (κ3) is 4.87. The number of anilines is 1. The van der Waals surface area contributed by atoms with Crippen LogP contribution in [0.3, 0.4) is 0 Å². The maximum Gasteiger partial charge on any atom is 0.343 e. The van der Waals surface area contributed by atoms with Crippen LogP contribution in [0.4, 0.5) is 10.5 Å². The maximum atomic E-state index is 12.0. The molecular weight excluding hydrogens is 338 g/mol. The predicted molar refractivity (Wildman–Crippen MR) is 93.8 cm³/mol. The molecule has 1 atom stereocenters. The van der Waals surface area contributed by atoms with E-state index in [0.29, 0.717) is 30.4 Å². The summed E-state index contributed by atoms with van der Waals surface area (Å²) in [6, 6.07) is 6.79. The molecule has 1 saturated carbocycles. The Morgan fingerprint density at radius 1 is 1.23 bits per heavy atom. The number of rotatable bonds is 7. The van der Waals surface area contributed by atoms with Crippen LogP contribution in [0.2, 0.25) is 0 Å². The highest BCUT2D eigenvalue weighted by atomic mass is 16.6. The van der Waals surface area contributed by atoms with E-state index in [0.717, 1.165) is 19.4 Å². The molecule has 26 heavy (non-hydrogen) atoms. The van der Waals surface area contributed by atoms with E-state index in [1.54, 1.807) is 24.3 Å². The van der Waals surface area contributed by atoms with Crippen LogP contribution in [0, 0.1) is 5.92 Å². The van der Waals surface area contributed by atoms with Crippen LogP contribution in [-0.2, 0) is 14.3 Å². The van der Waals surface area contributed by atoms with Crippen molar-refractivity contribution in [3.8, 4) is 5.75 Å². The molecule has 1 aliphatic carbocycles. The molecule has 3 rings (SSSR count). The fraction of sp³-hybridized carbons (Fsp3) is 0.500. The van der Waals surface area contributed by atoms with E-state index in [2.05, 4.69) is 15.4 Å². The third-order valence-corrected chi connectivity index (χ3v) is 4.47. The largest absolute Gasteiger partial charge is 0.482 e. The zero-order chi connectivity index (χ0) is 18.5. The average Bonchev–Trinajstić information content (AvgIpc) is 3.41. The van der Waals surface area contributed by atoms with Crippen LogP contribution in [0.25, 0.3) is 0 Å². The maximum absolute atomic E-state index is 12.0. The van der Waals surface area contributed by atoms with Gasteiger partial charge in [-0.1, -0.05) is 0 Å². The van der Waals surface area contributed by atoms with Crippen molar-refractivity contribution in [2.75, 3.05) is 32.1 Å². The monoisotopic (exact) mass is 361 g/mol. The third-order valence-electron chi connectivity index (χ3n) is 4.47. The van der Waals surface area contributed by atoms with Crippen LogP contribution in [0.1, 0.15) is 19.3 Å². The molecule has 1 saturated heterocycles. The molecule has 2 aliphatic rings. The summed E-state index contributed by atoms with van der Waals surface area (Å²) in [6.45, 7) is 1.04. The zero-order valence-electron chi connectivity index (χ0n) is 14.7. The standard InChI is InChI=1S/C18H23N3O5/c1-25-17(23)11-26-15-6-2-13(3-7-15)20-18(24)19-9-12-8-16(22)21(10-12)14-4-5-14/h2-3,6-7,12,14H,4-5,8-11H2,1H3,(H2,19,20,24)/t12-/m1/s1. The fourth-order valence-electron chi connectivity index (χ4n) is 2.93. The summed E-state index contributed by atoms with van der Waals surface area (Å²) >= 11 is 0. The van der Waals surface area contributed by atoms with Gasteiger partial charge in [0.2, 0.25) is 5.91 Å². The normalized spacial score (nSPS) is 19.2. The Morgan fingerprint density at radius 3 is 2.62 bits per heavy atom. The Labute approximate surface area is 151 Å². The van der Waals surface area contributed by atoms with Crippen LogP contribution >= 0.6 is 0 Å². The Bertz CT molecular complexity index is 672. The molecule has 0 spiro atoms. The molecule has 0 unspecified atom stereocenters. The second-order valence-corrected chi connectivity index (χ2v) is 6.57. The van der Waals surface area contributed by atoms with Gasteiger partial charge in [0.25, 0.3) is 0 Å². The number of nitrogens with zero attached hydrogens (tertiary/aromatic N) is 1. The van der Waals surface area contributed by atoms with Gasteiger partial charge in [-0.3, -0.25) is 4.79 Å². The van der Waals surface area contributed by atoms with Crippen LogP contribution < -0.4 is 15.4 Å². The Balaban J connectivity index is 1.39. The van der Waals surface area contributed by atoms with Crippen LogP contribution in [0.15, 0.2) is 24.3 Å². The van der Waals surface area contributed by atoms with Gasteiger partial charge in [-0.15, -0.1) is 0 Å². The highest BCUT2D eigenvalue weighted by molar-refractivity contribution is 5.89. The lowest BCUT2D eigenvalue weighted by atomic mass is 10.1. The van der Waals surface area contributed by atoms with Crippen molar-refractivity contribution in [3.05, 3.63) is 24.3 Å². The quantitative estimate of drug-likeness (QED) is 0.715. The highest BCUT2D eigenvalue weighted by Gasteiger charge is 2.39. The molecule has 2 fully saturated rings. The minimum absolute atomic E-state index is 0.165. The number of amides is 3. The molecule has 1 heterocycles. The Morgan fingerprint density at radius 2 is 1.96 bits per heavy atom. The van der Waals surface area contributed by atoms with E-state index in [1.807, 2.05) is 4.90 Å². The molecule has 1 aromatic carbocycles. The highest BCUT2D eigenvalue weighted by Crippen LogP contribution is 2.32. The zero-order valence-corrected chi connectivity index (χ0v) is 14.7. The average molecular weight is 361 g/mol. The number of ether oxygens (including phenoxy) is 2. The summed E-state index contributed by atoms with van der Waals surface area (Å²) < 4.78 is 9.73. The first-order valence-electron chi connectivity index (χ1n) is 8.69. The lowest BCUT2D eigenvalue weighted by Gasteiger charge is -2.16. The van der Waals surface area contributed by atoms with Crippen molar-refractivity contribution in [1.82, 2.24) is 10.2 Å². The van der Waals surface area contributed by atoms with Gasteiger partial charge in [0, 0.05) is 37.2 Å². The number of carbonyl (C=O) groups is 3. The number of hydrogen-bond acceptors (Lipinski definition) is 5. The number of esters is 1. The van der Waals surface area contributed by atoms with E-state index < -0.39 is 5.97 Å². The number of nitrogens with one attached hydrogen (secondary N) is 2. The van der Waals surface area contributed by atoms with Gasteiger partial charge in [-0.2, -0.15) is 0 Å². The van der Waals surface area contributed by atoms with Gasteiger partial charge in [0.05, 0.1) is 7.11 Å². The smallest absolute Gasteiger partial charge is 0.343 e. The summed E-state index contributed by atoms with van der Waals surface area (Å²) in [6.07, 6.45) is 2.71. The van der Waals surface area contributed by atoms with Gasteiger partial charge < -0.3 is 25.0 Å². The minimum atomic E-state index is -0.461. The molecule has 1 aromatic rings. The molecule has 2 N–H and O–H groups in total. The van der Waals surface area contributed by atoms with Crippen molar-refractivity contribution in [2.45, 2.75) is 25.3 Å². The topological polar surface area (TPSA) is 97.0 Å². The molecule has 0 aromatic heterocycles. The summed E-state index contributed by atoms with van der Waals surface area (Å²) in [5.41, 5.74) is 0.607. The molecule has 140 valence electrons. The molecular formula is C18H23N3O5. The summed E-state index contributed by atoms with van der Waals surface area (Å²) in [5, 5.41) is 5.55. The second-order valence-electron chi connectivity index (χ2n) is 6.57. The second kappa shape index (κ2) is 8.07. The minimum Gasteiger partial charge on any atom is -0.482 e. The van der Waals surface area contributed by atoms with Crippen molar-refractivity contribution < 1.29 is 23.9 Å². The van der Waals surface area contributed by atoms with Gasteiger partial charge in [-0.05, 0) is 37.1 Å². The predicted octanol–water partition coefficient (Wildman–Crippen LogP) is 1.37. The Kier molecular flexibility index (Phi) is 5.60. The van der Waals surface area contributed by atoms with Gasteiger partial charge in [0.15, 0.2) is 6.61 Å². The van der Waals surface area contributed by atoms with Crippen LogP contribution in [0.5, 0.6) is 5.75 Å². The van der Waals surface area contributed by atoms with Gasteiger partial charge in [-0.25, -0.2) is 9.59 Å². The number of urea groups is 1. The first kappa shape index (κ1) is 18.0. The SMILES string of the molecule is COC(=O)COc1ccc(NC(=O)NC[C@H]2CC(=O)N(C3CC3)C2)cc1. The molecule has 3 amide bonds. The number of likely N-dealkylation sites (tertiary alicyclic amines) is 1. The number of benzene rings is 1. The van der Waals surface area contributed by atoms with E-state index in [4.69, 9.17) is 4.74 Å². The van der Waals surface area contributed by atoms with E-state index in [9.17, 15) is 14.4 Å². The van der Waals surface area contributed by atoms with E-state index >= 15 is 0 Å². The molecule has 0 radical (unpaired) electrons. The number of hydrogen-bond donors (Lipinski definition) is 2. The van der Waals surface area contributed by atoms with E-state index in [-0.39, 0.29) is 24.5 Å². The van der Waals surface area contributed by atoms with Gasteiger partial charge in [0.1, 0.15) is 5.75 Å². The lowest BCUT2D eigenvalue weighted by Crippen LogP contribution is -2.34. The number of carbonyl (C=O) groups excluding carboxylic acids is 3. The molecule has 8 nitrogen and oxygen atoms in total. The summed E-state index contributed by atoms with van der Waals surface area (Å²) in [7, 11) is 1.29.